The maximum Gasteiger partial charge on any atom is 0.268 e. The normalized spacial score (nSPS) is 14.4. The van der Waals surface area contributed by atoms with Crippen molar-refractivity contribution in [1.82, 2.24) is 5.32 Å². The Labute approximate surface area is 477 Å². The highest BCUT2D eigenvalue weighted by Gasteiger charge is 2.23. The van der Waals surface area contributed by atoms with Crippen LogP contribution in [-0.4, -0.2) is 68.5 Å². The van der Waals surface area contributed by atoms with E-state index in [0.717, 1.165) is 89.9 Å². The largest absolute Gasteiger partial charge is 0.756 e. The van der Waals surface area contributed by atoms with Crippen LogP contribution < -0.4 is 10.2 Å². The van der Waals surface area contributed by atoms with Crippen molar-refractivity contribution in [3.05, 3.63) is 97.2 Å². The zero-order chi connectivity index (χ0) is 56.3. The maximum atomic E-state index is 13.0. The number of aliphatic hydroxyl groups excluding tert-OH is 1. The van der Waals surface area contributed by atoms with Crippen LogP contribution in [-0.2, 0) is 18.4 Å². The molecule has 3 atom stereocenters. The molecule has 0 aromatic heterocycles. The first-order chi connectivity index (χ1) is 37.5. The van der Waals surface area contributed by atoms with Crippen LogP contribution in [0.25, 0.3) is 0 Å². The lowest BCUT2D eigenvalue weighted by molar-refractivity contribution is -0.870. The molecule has 1 amide bonds. The Morgan fingerprint density at radius 1 is 0.468 bits per heavy atom. The van der Waals surface area contributed by atoms with Crippen molar-refractivity contribution in [2.75, 3.05) is 40.9 Å². The highest BCUT2D eigenvalue weighted by atomic mass is 31.2. The van der Waals surface area contributed by atoms with E-state index in [1.807, 2.05) is 27.2 Å². The third-order valence-corrected chi connectivity index (χ3v) is 15.0. The molecule has 0 bridgehead atoms. The van der Waals surface area contributed by atoms with E-state index in [1.54, 1.807) is 6.08 Å². The molecule has 8 nitrogen and oxygen atoms in total. The molecule has 0 rings (SSSR count). The van der Waals surface area contributed by atoms with Crippen LogP contribution in [0.1, 0.15) is 277 Å². The van der Waals surface area contributed by atoms with Gasteiger partial charge in [0.05, 0.1) is 39.9 Å². The molecule has 0 saturated heterocycles. The summed E-state index contributed by atoms with van der Waals surface area (Å²) in [5.41, 5.74) is 0. The molecule has 0 aliphatic carbocycles. The number of aliphatic hydroxyl groups is 1. The molecule has 0 aromatic rings. The fourth-order valence-corrected chi connectivity index (χ4v) is 9.78. The third kappa shape index (κ3) is 60.9. The molecule has 77 heavy (non-hydrogen) atoms. The van der Waals surface area contributed by atoms with Gasteiger partial charge in [-0.3, -0.25) is 9.36 Å². The van der Waals surface area contributed by atoms with Gasteiger partial charge in [0.25, 0.3) is 7.82 Å². The predicted molar refractivity (Wildman–Crippen MR) is 334 cm³/mol. The molecule has 2 N–H and O–H groups in total. The number of rotatable bonds is 58. The summed E-state index contributed by atoms with van der Waals surface area (Å²) in [5.74, 6) is -0.233. The van der Waals surface area contributed by atoms with E-state index >= 15 is 0 Å². The van der Waals surface area contributed by atoms with Crippen LogP contribution in [0.5, 0.6) is 0 Å². The SMILES string of the molecule is CC/C=C\C/C=C\C/C=C\C/C=C\C/C=C\C/C=C\CCCCCCC(=O)NC(COP(=O)([O-])OCC[N+](C)(C)C)C(O)/C=C/CC/C=C/CCCCCCCCCCCCCCCCCCCCCCCCCCCC. The average molecular weight is 1100 g/mol. The lowest BCUT2D eigenvalue weighted by Gasteiger charge is -2.29. The average Bonchev–Trinajstić information content (AvgIpc) is 3.39. The number of hydrogen-bond acceptors (Lipinski definition) is 6. The van der Waals surface area contributed by atoms with Gasteiger partial charge < -0.3 is 28.8 Å². The summed E-state index contributed by atoms with van der Waals surface area (Å²) in [6.45, 7) is 4.51. The standard InChI is InChI=1S/C68H123N2O6P/c1-6-8-10-12-14-16-18-20-22-24-26-28-30-31-32-33-34-35-36-37-38-40-41-43-45-47-49-51-53-55-57-59-61-67(71)66(65-76-77(73,74)75-64-63-70(3,4)5)69-68(72)62-60-58-56-54-52-50-48-46-44-42-39-29-27-25-23-21-19-17-15-13-11-9-7-2/h9,11,15,17,21,23,27,29,42,44,48,50-51,53,59,61,66-67,71H,6-8,10,12-14,16,18-20,22,24-26,28,30-41,43,45-47,49,52,54-58,60,62-65H2,1-5H3,(H-,69,72,73,74)/b11-9-,17-15-,23-21-,29-27-,44-42-,50-48-,53-51+,61-59+. The van der Waals surface area contributed by atoms with Crippen LogP contribution in [0.2, 0.25) is 0 Å². The molecule has 0 aromatic carbocycles. The molecule has 0 fully saturated rings. The van der Waals surface area contributed by atoms with Crippen molar-refractivity contribution in [1.29, 1.82) is 0 Å². The zero-order valence-electron chi connectivity index (χ0n) is 50.9. The summed E-state index contributed by atoms with van der Waals surface area (Å²) < 4.78 is 23.4. The molecule has 0 saturated carbocycles. The Morgan fingerprint density at radius 2 is 0.805 bits per heavy atom. The molecule has 3 unspecified atom stereocenters. The summed E-state index contributed by atoms with van der Waals surface area (Å²) in [7, 11) is 1.22. The van der Waals surface area contributed by atoms with Crippen LogP contribution in [0.3, 0.4) is 0 Å². The summed E-state index contributed by atoms with van der Waals surface area (Å²) in [6, 6.07) is -0.926. The topological polar surface area (TPSA) is 108 Å². The fraction of sp³-hybridized carbons (Fsp3) is 0.750. The zero-order valence-corrected chi connectivity index (χ0v) is 51.8. The number of likely N-dealkylation sites (N-methyl/N-ethyl adjacent to an activating group) is 1. The molecule has 0 radical (unpaired) electrons. The Hall–Kier alpha value is -2.58. The minimum Gasteiger partial charge on any atom is -0.756 e. The lowest BCUT2D eigenvalue weighted by atomic mass is 10.0. The van der Waals surface area contributed by atoms with E-state index in [2.05, 4.69) is 104 Å². The van der Waals surface area contributed by atoms with E-state index < -0.39 is 26.6 Å². The van der Waals surface area contributed by atoms with Gasteiger partial charge >= 0.3 is 0 Å². The summed E-state index contributed by atoms with van der Waals surface area (Å²) in [5, 5.41) is 13.9. The minimum atomic E-state index is -4.62. The van der Waals surface area contributed by atoms with Gasteiger partial charge in [-0.25, -0.2) is 0 Å². The van der Waals surface area contributed by atoms with Gasteiger partial charge in [0, 0.05) is 6.42 Å². The van der Waals surface area contributed by atoms with E-state index in [4.69, 9.17) is 9.05 Å². The number of amides is 1. The molecule has 0 aliphatic heterocycles. The van der Waals surface area contributed by atoms with Crippen molar-refractivity contribution < 1.29 is 32.9 Å². The number of carbonyl (C=O) groups excluding carboxylic acids is 1. The molecule has 0 aliphatic rings. The molecule has 9 heteroatoms. The summed E-state index contributed by atoms with van der Waals surface area (Å²) in [4.78, 5) is 25.5. The van der Waals surface area contributed by atoms with Gasteiger partial charge in [0.15, 0.2) is 0 Å². The lowest BCUT2D eigenvalue weighted by Crippen LogP contribution is -2.45. The van der Waals surface area contributed by atoms with Gasteiger partial charge in [0.2, 0.25) is 5.91 Å². The number of carbonyl (C=O) groups is 1. The highest BCUT2D eigenvalue weighted by molar-refractivity contribution is 7.45. The Morgan fingerprint density at radius 3 is 1.21 bits per heavy atom. The number of nitrogens with zero attached hydrogens (tertiary/aromatic N) is 1. The van der Waals surface area contributed by atoms with Crippen LogP contribution in [0.15, 0.2) is 97.2 Å². The molecule has 446 valence electrons. The number of allylic oxidation sites excluding steroid dienone is 15. The second-order valence-electron chi connectivity index (χ2n) is 22.7. The van der Waals surface area contributed by atoms with Crippen molar-refractivity contribution in [2.24, 2.45) is 0 Å². The van der Waals surface area contributed by atoms with Crippen molar-refractivity contribution in [2.45, 2.75) is 289 Å². The Kier molecular flexibility index (Phi) is 56.1. The van der Waals surface area contributed by atoms with Crippen LogP contribution in [0, 0.1) is 0 Å². The third-order valence-electron chi connectivity index (χ3n) is 14.0. The fourth-order valence-electron chi connectivity index (χ4n) is 9.06. The number of hydrogen-bond donors (Lipinski definition) is 2. The van der Waals surface area contributed by atoms with Gasteiger partial charge in [0.1, 0.15) is 13.2 Å². The quantitative estimate of drug-likeness (QED) is 0.0272. The van der Waals surface area contributed by atoms with Gasteiger partial charge in [-0.2, -0.15) is 0 Å². The first-order valence-electron chi connectivity index (χ1n) is 32.1. The van der Waals surface area contributed by atoms with Crippen molar-refractivity contribution in [3.8, 4) is 0 Å². The van der Waals surface area contributed by atoms with Gasteiger partial charge in [-0.15, -0.1) is 0 Å². The predicted octanol–water partition coefficient (Wildman–Crippen LogP) is 19.5. The number of quaternary nitrogens is 1. The van der Waals surface area contributed by atoms with Crippen molar-refractivity contribution >= 4 is 13.7 Å². The number of unbranched alkanes of at least 4 members (excludes halogenated alkanes) is 31. The minimum absolute atomic E-state index is 0.0168. The Balaban J connectivity index is 4.21. The van der Waals surface area contributed by atoms with Crippen LogP contribution >= 0.6 is 7.82 Å². The van der Waals surface area contributed by atoms with Gasteiger partial charge in [-0.05, 0) is 83.5 Å². The molecular formula is C68H123N2O6P. The molecule has 0 spiro atoms. The van der Waals surface area contributed by atoms with Gasteiger partial charge in [-0.1, -0.05) is 284 Å². The smallest absolute Gasteiger partial charge is 0.268 e. The van der Waals surface area contributed by atoms with E-state index in [0.29, 0.717) is 17.4 Å². The van der Waals surface area contributed by atoms with E-state index in [-0.39, 0.29) is 12.5 Å². The Bertz CT molecular complexity index is 1570. The maximum absolute atomic E-state index is 13.0. The second-order valence-corrected chi connectivity index (χ2v) is 24.1. The summed E-state index contributed by atoms with van der Waals surface area (Å²) in [6.07, 6.45) is 83.8. The second kappa shape index (κ2) is 58.1. The number of phosphoric ester groups is 1. The summed E-state index contributed by atoms with van der Waals surface area (Å²) >= 11 is 0. The van der Waals surface area contributed by atoms with Crippen LogP contribution in [0.4, 0.5) is 0 Å². The first kappa shape index (κ1) is 74.4. The van der Waals surface area contributed by atoms with E-state index in [1.165, 1.54) is 167 Å². The first-order valence-corrected chi connectivity index (χ1v) is 33.6. The monoisotopic (exact) mass is 1090 g/mol. The number of phosphoric acid groups is 1. The number of nitrogens with one attached hydrogen (secondary N) is 1. The molecule has 0 heterocycles. The molecular weight excluding hydrogens is 972 g/mol. The highest BCUT2D eigenvalue weighted by Crippen LogP contribution is 2.38. The van der Waals surface area contributed by atoms with E-state index in [9.17, 15) is 19.4 Å². The van der Waals surface area contributed by atoms with Crippen molar-refractivity contribution in [3.63, 3.8) is 0 Å².